The molecule has 2 atom stereocenters. The normalized spacial score (nSPS) is 23.0. The molecule has 0 spiro atoms. The Morgan fingerprint density at radius 1 is 1.00 bits per heavy atom. The number of para-hydroxylation sites is 1. The van der Waals surface area contributed by atoms with Gasteiger partial charge in [0.15, 0.2) is 0 Å². The van der Waals surface area contributed by atoms with E-state index in [1.165, 1.54) is 5.06 Å². The van der Waals surface area contributed by atoms with Gasteiger partial charge in [-0.25, -0.2) is 4.99 Å². The quantitative estimate of drug-likeness (QED) is 0.271. The van der Waals surface area contributed by atoms with Crippen molar-refractivity contribution >= 4 is 28.8 Å². The summed E-state index contributed by atoms with van der Waals surface area (Å²) < 4.78 is 0. The Morgan fingerprint density at radius 3 is 2.48 bits per heavy atom. The molecular weight excluding hydrogens is 526 g/mol. The van der Waals surface area contributed by atoms with Crippen LogP contribution in [0, 0.1) is 0 Å². The van der Waals surface area contributed by atoms with E-state index >= 15 is 0 Å². The van der Waals surface area contributed by atoms with E-state index in [1.807, 2.05) is 89.2 Å². The van der Waals surface area contributed by atoms with Crippen LogP contribution in [-0.2, 0) is 5.21 Å². The van der Waals surface area contributed by atoms with E-state index in [2.05, 4.69) is 32.2 Å². The first-order chi connectivity index (χ1) is 20.0. The number of piperidine rings is 1. The first-order valence-electron chi connectivity index (χ1n) is 14.6. The number of nitrogens with zero attached hydrogens (tertiary/aromatic N) is 4. The average Bonchev–Trinajstić information content (AvgIpc) is 3.23. The minimum absolute atomic E-state index is 0.0152. The van der Waals surface area contributed by atoms with E-state index in [4.69, 9.17) is 4.99 Å². The van der Waals surface area contributed by atoms with Gasteiger partial charge in [-0.15, -0.1) is 10.3 Å². The molecular formula is C33H38N7O2. The summed E-state index contributed by atoms with van der Waals surface area (Å²) in [7, 11) is 0. The zero-order chi connectivity index (χ0) is 29.6. The number of aromatic nitrogens is 1. The van der Waals surface area contributed by atoms with Crippen molar-refractivity contribution in [2.45, 2.75) is 83.0 Å². The van der Waals surface area contributed by atoms with Crippen LogP contribution < -0.4 is 16.1 Å². The second-order valence-electron chi connectivity index (χ2n) is 12.9. The lowest BCUT2D eigenvalue weighted by Crippen LogP contribution is -2.62. The molecule has 217 valence electrons. The van der Waals surface area contributed by atoms with Crippen molar-refractivity contribution in [2.75, 3.05) is 5.32 Å². The number of carbonyl (C=O) groups excluding carboxylic acids is 1. The highest BCUT2D eigenvalue weighted by Crippen LogP contribution is 2.50. The fourth-order valence-electron chi connectivity index (χ4n) is 6.85. The highest BCUT2D eigenvalue weighted by Gasteiger charge is 2.46. The van der Waals surface area contributed by atoms with Crippen LogP contribution in [0.4, 0.5) is 11.4 Å². The van der Waals surface area contributed by atoms with Crippen LogP contribution in [0.15, 0.2) is 77.0 Å². The number of amidine groups is 1. The number of hydrogen-bond acceptors (Lipinski definition) is 7. The fraction of sp³-hybridized carbons (Fsp3) is 0.394. The first-order valence-corrected chi connectivity index (χ1v) is 14.6. The van der Waals surface area contributed by atoms with Gasteiger partial charge >= 0.3 is 0 Å². The van der Waals surface area contributed by atoms with E-state index in [0.29, 0.717) is 24.8 Å². The summed E-state index contributed by atoms with van der Waals surface area (Å²) in [6.07, 6.45) is 3.57. The van der Waals surface area contributed by atoms with Crippen LogP contribution >= 0.6 is 0 Å². The van der Waals surface area contributed by atoms with E-state index in [1.54, 1.807) is 6.20 Å². The molecule has 9 nitrogen and oxygen atoms in total. The summed E-state index contributed by atoms with van der Waals surface area (Å²) in [6, 6.07) is 19.7. The van der Waals surface area contributed by atoms with Gasteiger partial charge in [0, 0.05) is 52.5 Å². The third-order valence-electron chi connectivity index (χ3n) is 8.68. The number of hydroxylamine groups is 2. The number of hydrazone groups is 1. The van der Waals surface area contributed by atoms with Gasteiger partial charge in [-0.3, -0.25) is 15.2 Å². The molecule has 9 heteroatoms. The number of amides is 1. The molecule has 2 unspecified atom stereocenters. The summed E-state index contributed by atoms with van der Waals surface area (Å²) in [4.78, 5) is 22.9. The topological polar surface area (TPSA) is 114 Å². The lowest BCUT2D eigenvalue weighted by atomic mass is 9.79. The number of fused-ring (bicyclic) bond motifs is 5. The fourth-order valence-corrected chi connectivity index (χ4v) is 6.85. The van der Waals surface area contributed by atoms with E-state index in [9.17, 15) is 10.0 Å². The SMILES string of the molecule is C/C(=N\NC1=Nc2ccccc2C2Nc3ccc(C(=O)NC4CC(C)(C)N([O])C(C)(C)C4)cc3C2C1)c1ccccn1. The number of aliphatic imine (C=N–C) groups is 1. The molecule has 0 aliphatic carbocycles. The van der Waals surface area contributed by atoms with Crippen LogP contribution in [-0.4, -0.2) is 44.6 Å². The third kappa shape index (κ3) is 5.30. The molecule has 2 aromatic carbocycles. The summed E-state index contributed by atoms with van der Waals surface area (Å²) >= 11 is 0. The van der Waals surface area contributed by atoms with Crippen molar-refractivity contribution in [3.63, 3.8) is 0 Å². The minimum atomic E-state index is -0.553. The Hall–Kier alpha value is -4.08. The summed E-state index contributed by atoms with van der Waals surface area (Å²) in [6.45, 7) is 9.70. The number of pyridine rings is 1. The van der Waals surface area contributed by atoms with Gasteiger partial charge < -0.3 is 10.6 Å². The van der Waals surface area contributed by atoms with Crippen LogP contribution in [0.1, 0.15) is 93.0 Å². The Bertz CT molecular complexity index is 1550. The van der Waals surface area contributed by atoms with Crippen LogP contribution in [0.5, 0.6) is 0 Å². The second kappa shape index (κ2) is 10.6. The molecule has 1 aromatic heterocycles. The molecule has 1 saturated heterocycles. The van der Waals surface area contributed by atoms with Gasteiger partial charge in [-0.1, -0.05) is 24.3 Å². The monoisotopic (exact) mass is 564 g/mol. The van der Waals surface area contributed by atoms with Gasteiger partial charge in [0.2, 0.25) is 0 Å². The van der Waals surface area contributed by atoms with Gasteiger partial charge in [0.05, 0.1) is 23.1 Å². The van der Waals surface area contributed by atoms with E-state index < -0.39 is 11.1 Å². The maximum atomic E-state index is 13.5. The number of benzene rings is 2. The molecule has 42 heavy (non-hydrogen) atoms. The standard InChI is InChI=1S/C33H38N7O2/c1-20(26-11-8-9-15-34-26)38-39-29-17-25-24-16-21(31(41)35-22-18-32(2,3)40(42)33(4,5)19-22)13-14-28(24)37-30(25)23-10-6-7-12-27(23)36-29/h6-16,22,25,30,37H,17-19H2,1-5H3,(H,35,41)(H,36,39)/b38-20+. The maximum absolute atomic E-state index is 13.5. The molecule has 1 fully saturated rings. The predicted octanol–water partition coefficient (Wildman–Crippen LogP) is 5.88. The molecule has 4 heterocycles. The molecule has 0 saturated carbocycles. The van der Waals surface area contributed by atoms with Crippen molar-refractivity contribution in [1.82, 2.24) is 20.8 Å². The first kappa shape index (κ1) is 28.1. The van der Waals surface area contributed by atoms with Gasteiger partial charge in [-0.05, 0) is 89.4 Å². The Labute approximate surface area is 247 Å². The van der Waals surface area contributed by atoms with E-state index in [0.717, 1.165) is 39.7 Å². The zero-order valence-electron chi connectivity index (χ0n) is 24.8. The highest BCUT2D eigenvalue weighted by atomic mass is 16.5. The molecule has 3 N–H and O–H groups in total. The van der Waals surface area contributed by atoms with Gasteiger partial charge in [-0.2, -0.15) is 5.10 Å². The van der Waals surface area contributed by atoms with E-state index in [-0.39, 0.29) is 23.9 Å². The smallest absolute Gasteiger partial charge is 0.251 e. The molecule has 3 aliphatic heterocycles. The average molecular weight is 565 g/mol. The maximum Gasteiger partial charge on any atom is 0.251 e. The molecule has 1 radical (unpaired) electrons. The predicted molar refractivity (Wildman–Crippen MR) is 164 cm³/mol. The van der Waals surface area contributed by atoms with Crippen molar-refractivity contribution in [1.29, 1.82) is 0 Å². The van der Waals surface area contributed by atoms with Crippen molar-refractivity contribution in [3.8, 4) is 0 Å². The third-order valence-corrected chi connectivity index (χ3v) is 8.68. The highest BCUT2D eigenvalue weighted by molar-refractivity contribution is 5.98. The molecule has 1 amide bonds. The van der Waals surface area contributed by atoms with Crippen LogP contribution in [0.25, 0.3) is 0 Å². The van der Waals surface area contributed by atoms with Crippen molar-refractivity contribution in [2.24, 2.45) is 10.1 Å². The number of rotatable bonds is 4. The summed E-state index contributed by atoms with van der Waals surface area (Å²) in [5.41, 5.74) is 8.40. The molecule has 3 aliphatic rings. The Balaban J connectivity index is 1.26. The molecule has 6 rings (SSSR count). The van der Waals surface area contributed by atoms with Crippen molar-refractivity contribution < 1.29 is 10.0 Å². The van der Waals surface area contributed by atoms with Crippen LogP contribution in [0.3, 0.4) is 0 Å². The van der Waals surface area contributed by atoms with Crippen molar-refractivity contribution in [3.05, 3.63) is 89.2 Å². The Kier molecular flexibility index (Phi) is 7.11. The largest absolute Gasteiger partial charge is 0.377 e. The lowest BCUT2D eigenvalue weighted by Gasteiger charge is -2.50. The summed E-state index contributed by atoms with van der Waals surface area (Å²) in [5, 5.41) is 25.5. The molecule has 3 aromatic rings. The van der Waals surface area contributed by atoms with Gasteiger partial charge in [0.25, 0.3) is 5.91 Å². The Morgan fingerprint density at radius 2 is 1.74 bits per heavy atom. The number of hydrogen-bond donors (Lipinski definition) is 3. The van der Waals surface area contributed by atoms with Gasteiger partial charge in [0.1, 0.15) is 5.84 Å². The number of carbonyl (C=O) groups is 1. The van der Waals surface area contributed by atoms with Crippen LogP contribution in [0.2, 0.25) is 0 Å². The number of anilines is 1. The lowest BCUT2D eigenvalue weighted by molar-refractivity contribution is -0.289. The minimum Gasteiger partial charge on any atom is -0.377 e. The summed E-state index contributed by atoms with van der Waals surface area (Å²) in [5.74, 6) is 0.687. The second-order valence-corrected chi connectivity index (χ2v) is 12.9. The number of nitrogens with one attached hydrogen (secondary N) is 3. The molecule has 0 bridgehead atoms. The zero-order valence-corrected chi connectivity index (χ0v) is 24.8.